The standard InChI is InChI=1S/C19H14Cl2F3N5O3S/c1-8(28-16(31)14-13(21)17(32-2)27-7-26-14)18-25-6-12(33-18)15(30)29-9-3-4-11(20)10(5-9)19(22,23)24/h3-8H,1-2H3,(H,28,31)(H,29,30)/t8-/m0/s1. The lowest BCUT2D eigenvalue weighted by Gasteiger charge is -2.12. The number of halogens is 5. The van der Waals surface area contributed by atoms with Crippen molar-refractivity contribution in [3.63, 3.8) is 0 Å². The number of thiazole rings is 1. The molecule has 8 nitrogen and oxygen atoms in total. The van der Waals surface area contributed by atoms with Gasteiger partial charge in [-0.15, -0.1) is 11.3 Å². The van der Waals surface area contributed by atoms with Crippen molar-refractivity contribution in [1.29, 1.82) is 0 Å². The van der Waals surface area contributed by atoms with Gasteiger partial charge in [-0.1, -0.05) is 23.2 Å². The highest BCUT2D eigenvalue weighted by Crippen LogP contribution is 2.36. The molecule has 0 unspecified atom stereocenters. The van der Waals surface area contributed by atoms with Crippen molar-refractivity contribution in [3.8, 4) is 5.88 Å². The van der Waals surface area contributed by atoms with Crippen molar-refractivity contribution in [2.45, 2.75) is 19.1 Å². The maximum atomic E-state index is 13.0. The van der Waals surface area contributed by atoms with Gasteiger partial charge in [0.25, 0.3) is 11.8 Å². The van der Waals surface area contributed by atoms with E-state index in [0.29, 0.717) is 5.01 Å². The number of carbonyl (C=O) groups excluding carboxylic acids is 2. The number of nitrogens with zero attached hydrogens (tertiary/aromatic N) is 3. The molecule has 14 heteroatoms. The molecule has 3 aromatic rings. The summed E-state index contributed by atoms with van der Waals surface area (Å²) in [5.41, 5.74) is -1.25. The Morgan fingerprint density at radius 1 is 1.15 bits per heavy atom. The number of benzene rings is 1. The first kappa shape index (κ1) is 24.7. The zero-order chi connectivity index (χ0) is 24.3. The highest BCUT2D eigenvalue weighted by molar-refractivity contribution is 7.13. The van der Waals surface area contributed by atoms with E-state index in [1.165, 1.54) is 19.4 Å². The summed E-state index contributed by atoms with van der Waals surface area (Å²) < 4.78 is 44.0. The van der Waals surface area contributed by atoms with Crippen LogP contribution in [-0.2, 0) is 6.18 Å². The second-order valence-corrected chi connectivity index (χ2v) is 8.30. The van der Waals surface area contributed by atoms with E-state index in [-0.39, 0.29) is 27.2 Å². The molecule has 2 heterocycles. The summed E-state index contributed by atoms with van der Waals surface area (Å²) in [6.07, 6.45) is -2.30. The fourth-order valence-corrected chi connectivity index (χ4v) is 3.89. The monoisotopic (exact) mass is 519 g/mol. The first-order valence-corrected chi connectivity index (χ1v) is 10.6. The molecule has 174 valence electrons. The third kappa shape index (κ3) is 5.70. The van der Waals surface area contributed by atoms with Gasteiger partial charge >= 0.3 is 6.18 Å². The van der Waals surface area contributed by atoms with E-state index >= 15 is 0 Å². The predicted octanol–water partition coefficient (Wildman–Crippen LogP) is 5.01. The van der Waals surface area contributed by atoms with Crippen LogP contribution in [0.2, 0.25) is 10.0 Å². The minimum atomic E-state index is -4.67. The molecule has 2 N–H and O–H groups in total. The lowest BCUT2D eigenvalue weighted by molar-refractivity contribution is -0.137. The molecule has 0 fully saturated rings. The van der Waals surface area contributed by atoms with Gasteiger partial charge in [0, 0.05) is 5.69 Å². The van der Waals surface area contributed by atoms with Gasteiger partial charge in [0.15, 0.2) is 5.69 Å². The first-order chi connectivity index (χ1) is 15.5. The summed E-state index contributed by atoms with van der Waals surface area (Å²) in [6.45, 7) is 1.62. The highest BCUT2D eigenvalue weighted by Gasteiger charge is 2.33. The summed E-state index contributed by atoms with van der Waals surface area (Å²) in [4.78, 5) is 36.8. The number of amides is 2. The van der Waals surface area contributed by atoms with Crippen molar-refractivity contribution in [2.24, 2.45) is 0 Å². The Balaban J connectivity index is 1.70. The van der Waals surface area contributed by atoms with E-state index in [1.807, 2.05) is 0 Å². The zero-order valence-corrected chi connectivity index (χ0v) is 19.2. The molecule has 2 aromatic heterocycles. The lowest BCUT2D eigenvalue weighted by Crippen LogP contribution is -2.27. The van der Waals surface area contributed by atoms with Gasteiger partial charge in [-0.05, 0) is 25.1 Å². The van der Waals surface area contributed by atoms with Crippen molar-refractivity contribution >= 4 is 52.0 Å². The molecular formula is C19H14Cl2F3N5O3S. The Morgan fingerprint density at radius 3 is 2.55 bits per heavy atom. The maximum Gasteiger partial charge on any atom is 0.417 e. The molecule has 33 heavy (non-hydrogen) atoms. The van der Waals surface area contributed by atoms with Crippen molar-refractivity contribution in [1.82, 2.24) is 20.3 Å². The molecule has 0 bridgehead atoms. The van der Waals surface area contributed by atoms with E-state index in [2.05, 4.69) is 25.6 Å². The minimum absolute atomic E-state index is 0.0357. The zero-order valence-electron chi connectivity index (χ0n) is 16.8. The number of methoxy groups -OCH3 is 1. The second-order valence-electron chi connectivity index (χ2n) is 6.45. The molecular weight excluding hydrogens is 506 g/mol. The highest BCUT2D eigenvalue weighted by atomic mass is 35.5. The van der Waals surface area contributed by atoms with Crippen molar-refractivity contribution in [3.05, 3.63) is 61.9 Å². The van der Waals surface area contributed by atoms with E-state index in [1.54, 1.807) is 6.92 Å². The molecule has 0 saturated carbocycles. The Morgan fingerprint density at radius 2 is 1.88 bits per heavy atom. The summed E-state index contributed by atoms with van der Waals surface area (Å²) in [5.74, 6) is -1.25. The number of rotatable bonds is 6. The van der Waals surface area contributed by atoms with Crippen molar-refractivity contribution < 1.29 is 27.5 Å². The number of hydrogen-bond donors (Lipinski definition) is 2. The van der Waals surface area contributed by atoms with E-state index in [9.17, 15) is 22.8 Å². The fraction of sp³-hybridized carbons (Fsp3) is 0.211. The van der Waals surface area contributed by atoms with E-state index < -0.39 is 34.6 Å². The summed E-state index contributed by atoms with van der Waals surface area (Å²) in [7, 11) is 1.34. The van der Waals surface area contributed by atoms with Gasteiger partial charge < -0.3 is 15.4 Å². The topological polar surface area (TPSA) is 106 Å². The number of ether oxygens (including phenoxy) is 1. The van der Waals surface area contributed by atoms with Crippen LogP contribution in [0, 0.1) is 0 Å². The minimum Gasteiger partial charge on any atom is -0.480 e. The average molecular weight is 520 g/mol. The molecule has 0 aliphatic rings. The van der Waals surface area contributed by atoms with Crippen molar-refractivity contribution in [2.75, 3.05) is 12.4 Å². The summed E-state index contributed by atoms with van der Waals surface area (Å²) in [6, 6.07) is 2.40. The molecule has 1 atom stereocenters. The molecule has 1 aromatic carbocycles. The molecule has 3 rings (SSSR count). The summed E-state index contributed by atoms with van der Waals surface area (Å²) in [5, 5.41) is 4.85. The molecule has 0 spiro atoms. The maximum absolute atomic E-state index is 13.0. The third-order valence-corrected chi connectivity index (χ3v) is 6.01. The van der Waals surface area contributed by atoms with Crippen LogP contribution in [0.15, 0.2) is 30.7 Å². The molecule has 0 aliphatic carbocycles. The Bertz CT molecular complexity index is 1210. The van der Waals surface area contributed by atoms with Crippen LogP contribution in [0.5, 0.6) is 5.88 Å². The SMILES string of the molecule is COc1ncnc(C(=O)N[C@@H](C)c2ncc(C(=O)Nc3ccc(Cl)c(C(F)(F)F)c3)s2)c1Cl. The summed E-state index contributed by atoms with van der Waals surface area (Å²) >= 11 is 12.6. The van der Waals surface area contributed by atoms with Crippen LogP contribution in [-0.4, -0.2) is 33.9 Å². The molecule has 2 amide bonds. The van der Waals surface area contributed by atoms with Gasteiger partial charge in [-0.2, -0.15) is 13.2 Å². The third-order valence-electron chi connectivity index (χ3n) is 4.16. The Kier molecular flexibility index (Phi) is 7.40. The van der Waals surface area contributed by atoms with Gasteiger partial charge in [0.1, 0.15) is 21.2 Å². The molecule has 0 radical (unpaired) electrons. The second kappa shape index (κ2) is 9.89. The van der Waals surface area contributed by atoms with Crippen LogP contribution >= 0.6 is 34.5 Å². The van der Waals surface area contributed by atoms with Crippen LogP contribution in [0.3, 0.4) is 0 Å². The van der Waals surface area contributed by atoms with E-state index in [4.69, 9.17) is 27.9 Å². The quantitative estimate of drug-likeness (QED) is 0.474. The van der Waals surface area contributed by atoms with Gasteiger partial charge in [0.2, 0.25) is 5.88 Å². The normalized spacial score (nSPS) is 12.2. The molecule has 0 aliphatic heterocycles. The number of aromatic nitrogens is 3. The fourth-order valence-electron chi connectivity index (χ4n) is 2.59. The lowest BCUT2D eigenvalue weighted by atomic mass is 10.2. The number of hydrogen-bond acceptors (Lipinski definition) is 7. The van der Waals surface area contributed by atoms with Gasteiger partial charge in [-0.3, -0.25) is 9.59 Å². The number of anilines is 1. The Labute approximate surface area is 199 Å². The van der Waals surface area contributed by atoms with Crippen LogP contribution in [0.25, 0.3) is 0 Å². The average Bonchev–Trinajstić information content (AvgIpc) is 3.25. The molecule has 0 saturated heterocycles. The van der Waals surface area contributed by atoms with E-state index in [0.717, 1.165) is 29.8 Å². The smallest absolute Gasteiger partial charge is 0.417 e. The van der Waals surface area contributed by atoms with Gasteiger partial charge in [0.05, 0.1) is 29.9 Å². The Hall–Kier alpha value is -2.96. The number of alkyl halides is 3. The largest absolute Gasteiger partial charge is 0.480 e. The first-order valence-electron chi connectivity index (χ1n) is 9.00. The van der Waals surface area contributed by atoms with Crippen LogP contribution in [0.1, 0.15) is 43.7 Å². The number of nitrogens with one attached hydrogen (secondary N) is 2. The van der Waals surface area contributed by atoms with Gasteiger partial charge in [-0.25, -0.2) is 15.0 Å². The van der Waals surface area contributed by atoms with Crippen LogP contribution in [0.4, 0.5) is 18.9 Å². The predicted molar refractivity (Wildman–Crippen MR) is 116 cm³/mol. The van der Waals surface area contributed by atoms with Crippen LogP contribution < -0.4 is 15.4 Å². The number of carbonyl (C=O) groups is 2.